The van der Waals surface area contributed by atoms with E-state index in [2.05, 4.69) is 17.4 Å². The van der Waals surface area contributed by atoms with Crippen molar-refractivity contribution < 1.29 is 4.79 Å². The summed E-state index contributed by atoms with van der Waals surface area (Å²) in [6.45, 7) is 1.98. The Hall–Kier alpha value is -1.57. The van der Waals surface area contributed by atoms with Crippen LogP contribution in [0, 0.1) is 0 Å². The minimum atomic E-state index is -0.0273. The van der Waals surface area contributed by atoms with Crippen LogP contribution in [0.25, 0.3) is 0 Å². The van der Waals surface area contributed by atoms with Crippen LogP contribution in [0.4, 0.5) is 0 Å². The second-order valence-electron chi connectivity index (χ2n) is 3.59. The predicted molar refractivity (Wildman–Crippen MR) is 62.6 cm³/mol. The van der Waals surface area contributed by atoms with E-state index in [1.165, 1.54) is 5.56 Å². The van der Waals surface area contributed by atoms with E-state index in [-0.39, 0.29) is 5.91 Å². The van der Waals surface area contributed by atoms with Crippen LogP contribution < -0.4 is 5.32 Å². The molecule has 0 aliphatic heterocycles. The molecule has 2 nitrogen and oxygen atoms in total. The highest BCUT2D eigenvalue weighted by Crippen LogP contribution is 2.08. The molecule has 1 aromatic rings. The maximum absolute atomic E-state index is 11.0. The van der Waals surface area contributed by atoms with Gasteiger partial charge in [0.1, 0.15) is 0 Å². The number of hydrogen-bond acceptors (Lipinski definition) is 1. The average molecular weight is 203 g/mol. The van der Waals surface area contributed by atoms with E-state index in [4.69, 9.17) is 0 Å². The number of rotatable bonds is 4. The average Bonchev–Trinajstić information content (AvgIpc) is 2.27. The van der Waals surface area contributed by atoms with E-state index >= 15 is 0 Å². The van der Waals surface area contributed by atoms with Crippen LogP contribution in [0.3, 0.4) is 0 Å². The highest BCUT2D eigenvalue weighted by atomic mass is 16.1. The van der Waals surface area contributed by atoms with Gasteiger partial charge >= 0.3 is 0 Å². The van der Waals surface area contributed by atoms with Gasteiger partial charge in [-0.15, -0.1) is 0 Å². The Kier molecular flexibility index (Phi) is 4.61. The Morgan fingerprint density at radius 2 is 2.00 bits per heavy atom. The van der Waals surface area contributed by atoms with Crippen LogP contribution in [0.15, 0.2) is 42.0 Å². The SMILES string of the molecule is CNC(=O)/C=C(/C)CCc1ccccc1. The predicted octanol–water partition coefficient (Wildman–Crippen LogP) is 2.31. The molecule has 1 amide bonds. The van der Waals surface area contributed by atoms with Crippen LogP contribution in [-0.2, 0) is 11.2 Å². The summed E-state index contributed by atoms with van der Waals surface area (Å²) in [4.78, 5) is 11.0. The zero-order valence-electron chi connectivity index (χ0n) is 9.29. The summed E-state index contributed by atoms with van der Waals surface area (Å²) in [6, 6.07) is 10.3. The molecule has 2 heteroatoms. The maximum atomic E-state index is 11.0. The summed E-state index contributed by atoms with van der Waals surface area (Å²) in [6.07, 6.45) is 3.57. The number of carbonyl (C=O) groups excluding carboxylic acids is 1. The number of aryl methyl sites for hydroxylation is 1. The van der Waals surface area contributed by atoms with Gasteiger partial charge in [0.2, 0.25) is 5.91 Å². The van der Waals surface area contributed by atoms with Crippen molar-refractivity contribution in [3.63, 3.8) is 0 Å². The Bertz CT molecular complexity index is 341. The van der Waals surface area contributed by atoms with Crippen LogP contribution in [0.5, 0.6) is 0 Å². The van der Waals surface area contributed by atoms with E-state index in [0.717, 1.165) is 18.4 Å². The minimum Gasteiger partial charge on any atom is -0.356 e. The zero-order valence-corrected chi connectivity index (χ0v) is 9.29. The first-order valence-electron chi connectivity index (χ1n) is 5.15. The first-order valence-corrected chi connectivity index (χ1v) is 5.15. The van der Waals surface area contributed by atoms with Crippen LogP contribution >= 0.6 is 0 Å². The molecular formula is C13H17NO. The number of nitrogens with one attached hydrogen (secondary N) is 1. The summed E-state index contributed by atoms with van der Waals surface area (Å²) in [7, 11) is 1.64. The van der Waals surface area contributed by atoms with Gasteiger partial charge in [-0.3, -0.25) is 4.79 Å². The van der Waals surface area contributed by atoms with Gasteiger partial charge in [-0.2, -0.15) is 0 Å². The van der Waals surface area contributed by atoms with E-state index in [0.29, 0.717) is 0 Å². The fraction of sp³-hybridized carbons (Fsp3) is 0.308. The third-order valence-electron chi connectivity index (χ3n) is 2.27. The van der Waals surface area contributed by atoms with Crippen molar-refractivity contribution in [3.8, 4) is 0 Å². The van der Waals surface area contributed by atoms with Crippen molar-refractivity contribution in [2.45, 2.75) is 19.8 Å². The zero-order chi connectivity index (χ0) is 11.1. The van der Waals surface area contributed by atoms with E-state index in [1.54, 1.807) is 13.1 Å². The van der Waals surface area contributed by atoms with Crippen molar-refractivity contribution >= 4 is 5.91 Å². The van der Waals surface area contributed by atoms with Gasteiger partial charge < -0.3 is 5.32 Å². The van der Waals surface area contributed by atoms with Gasteiger partial charge in [0.15, 0.2) is 0 Å². The molecule has 0 radical (unpaired) electrons. The topological polar surface area (TPSA) is 29.1 Å². The fourth-order valence-electron chi connectivity index (χ4n) is 1.35. The third kappa shape index (κ3) is 4.45. The van der Waals surface area contributed by atoms with Crippen molar-refractivity contribution in [3.05, 3.63) is 47.5 Å². The van der Waals surface area contributed by atoms with Crippen LogP contribution in [0.2, 0.25) is 0 Å². The van der Waals surface area contributed by atoms with Gasteiger partial charge in [-0.05, 0) is 25.3 Å². The lowest BCUT2D eigenvalue weighted by atomic mass is 10.1. The molecule has 0 heterocycles. The monoisotopic (exact) mass is 203 g/mol. The molecule has 0 saturated carbocycles. The normalized spacial score (nSPS) is 11.2. The lowest BCUT2D eigenvalue weighted by molar-refractivity contribution is -0.116. The minimum absolute atomic E-state index is 0.0273. The number of benzene rings is 1. The van der Waals surface area contributed by atoms with E-state index < -0.39 is 0 Å². The van der Waals surface area contributed by atoms with E-state index in [1.807, 2.05) is 25.1 Å². The molecule has 0 fully saturated rings. The quantitative estimate of drug-likeness (QED) is 0.747. The van der Waals surface area contributed by atoms with Gasteiger partial charge in [0, 0.05) is 13.1 Å². The second kappa shape index (κ2) is 6.02. The number of likely N-dealkylation sites (N-methyl/N-ethyl adjacent to an activating group) is 1. The molecule has 15 heavy (non-hydrogen) atoms. The second-order valence-corrected chi connectivity index (χ2v) is 3.59. The van der Waals surface area contributed by atoms with Crippen molar-refractivity contribution in [2.75, 3.05) is 7.05 Å². The van der Waals surface area contributed by atoms with Gasteiger partial charge in [-0.25, -0.2) is 0 Å². The molecule has 1 rings (SSSR count). The molecule has 0 bridgehead atoms. The van der Waals surface area contributed by atoms with Gasteiger partial charge in [0.25, 0.3) is 0 Å². The first-order chi connectivity index (χ1) is 7.22. The Morgan fingerprint density at radius 1 is 1.33 bits per heavy atom. The van der Waals surface area contributed by atoms with E-state index in [9.17, 15) is 4.79 Å². The Morgan fingerprint density at radius 3 is 2.60 bits per heavy atom. The molecule has 0 aliphatic carbocycles. The molecule has 1 N–H and O–H groups in total. The number of allylic oxidation sites excluding steroid dienone is 1. The highest BCUT2D eigenvalue weighted by molar-refractivity contribution is 5.87. The van der Waals surface area contributed by atoms with Gasteiger partial charge in [-0.1, -0.05) is 35.9 Å². The Balaban J connectivity index is 2.44. The molecule has 80 valence electrons. The number of hydrogen-bond donors (Lipinski definition) is 1. The van der Waals surface area contributed by atoms with Gasteiger partial charge in [0.05, 0.1) is 0 Å². The summed E-state index contributed by atoms with van der Waals surface area (Å²) in [5.41, 5.74) is 2.42. The van der Waals surface area contributed by atoms with Crippen molar-refractivity contribution in [1.82, 2.24) is 5.32 Å². The molecule has 0 aliphatic rings. The standard InChI is InChI=1S/C13H17NO/c1-11(10-13(15)14-2)8-9-12-6-4-3-5-7-12/h3-7,10H,8-9H2,1-2H3,(H,14,15)/b11-10-. The molecular weight excluding hydrogens is 186 g/mol. The molecule has 0 atom stereocenters. The molecule has 0 unspecified atom stereocenters. The smallest absolute Gasteiger partial charge is 0.243 e. The maximum Gasteiger partial charge on any atom is 0.243 e. The molecule has 0 saturated heterocycles. The third-order valence-corrected chi connectivity index (χ3v) is 2.27. The van der Waals surface area contributed by atoms with Crippen LogP contribution in [0.1, 0.15) is 18.9 Å². The molecule has 1 aromatic carbocycles. The summed E-state index contributed by atoms with van der Waals surface area (Å²) in [5.74, 6) is -0.0273. The number of amides is 1. The summed E-state index contributed by atoms with van der Waals surface area (Å²) >= 11 is 0. The largest absolute Gasteiger partial charge is 0.356 e. The van der Waals surface area contributed by atoms with Crippen LogP contribution in [-0.4, -0.2) is 13.0 Å². The fourth-order valence-corrected chi connectivity index (χ4v) is 1.35. The Labute approximate surface area is 91.0 Å². The van der Waals surface area contributed by atoms with Crippen molar-refractivity contribution in [2.24, 2.45) is 0 Å². The summed E-state index contributed by atoms with van der Waals surface area (Å²) < 4.78 is 0. The lowest BCUT2D eigenvalue weighted by Gasteiger charge is -2.01. The first kappa shape index (κ1) is 11.5. The lowest BCUT2D eigenvalue weighted by Crippen LogP contribution is -2.14. The number of carbonyl (C=O) groups is 1. The highest BCUT2D eigenvalue weighted by Gasteiger charge is 1.96. The molecule has 0 spiro atoms. The molecule has 0 aromatic heterocycles. The van der Waals surface area contributed by atoms with Crippen molar-refractivity contribution in [1.29, 1.82) is 0 Å². The summed E-state index contributed by atoms with van der Waals surface area (Å²) in [5, 5.41) is 2.58.